The number of carbonyl (C=O) groups excluding carboxylic acids is 1. The predicted octanol–water partition coefficient (Wildman–Crippen LogP) is 1.99. The van der Waals surface area contributed by atoms with Crippen molar-refractivity contribution in [1.29, 1.82) is 0 Å². The van der Waals surface area contributed by atoms with Crippen LogP contribution in [0.5, 0.6) is 0 Å². The van der Waals surface area contributed by atoms with Crippen molar-refractivity contribution in [2.24, 2.45) is 11.1 Å². The first-order valence-corrected chi connectivity index (χ1v) is 16.2. The molecular formula is C23H31N5O7S3. The SMILES string of the molecule is CS(=O)(=O)NC(=O)C1CCN(CC[C@H](CSc2ccccc2)Nc2ccc(S(N)(=O)=O)cc2[N+](=O)[O-])CC1. The maximum atomic E-state index is 12.2. The van der Waals surface area contributed by atoms with E-state index in [1.807, 2.05) is 35.1 Å². The summed E-state index contributed by atoms with van der Waals surface area (Å²) in [5.41, 5.74) is -0.193. The van der Waals surface area contributed by atoms with E-state index in [0.29, 0.717) is 44.6 Å². The highest BCUT2D eigenvalue weighted by atomic mass is 32.2. The van der Waals surface area contributed by atoms with Gasteiger partial charge in [-0.2, -0.15) is 0 Å². The number of carbonyl (C=O) groups is 1. The summed E-state index contributed by atoms with van der Waals surface area (Å²) >= 11 is 1.59. The van der Waals surface area contributed by atoms with Crippen LogP contribution < -0.4 is 15.2 Å². The molecule has 0 aromatic heterocycles. The molecular weight excluding hydrogens is 554 g/mol. The van der Waals surface area contributed by atoms with Crippen LogP contribution in [0.2, 0.25) is 0 Å². The van der Waals surface area contributed by atoms with Gasteiger partial charge in [-0.3, -0.25) is 19.6 Å². The van der Waals surface area contributed by atoms with Gasteiger partial charge in [0, 0.05) is 35.2 Å². The molecule has 0 saturated carbocycles. The number of nitrogens with two attached hydrogens (primary N) is 1. The number of rotatable bonds is 12. The largest absolute Gasteiger partial charge is 0.376 e. The number of hydrogen-bond acceptors (Lipinski definition) is 10. The Morgan fingerprint density at radius 1 is 1.16 bits per heavy atom. The number of sulfonamides is 2. The fourth-order valence-corrected chi connectivity index (χ4v) is 6.17. The Morgan fingerprint density at radius 2 is 1.82 bits per heavy atom. The second-order valence-electron chi connectivity index (χ2n) is 9.09. The molecule has 0 unspecified atom stereocenters. The van der Waals surface area contributed by atoms with E-state index < -0.39 is 30.9 Å². The van der Waals surface area contributed by atoms with E-state index in [-0.39, 0.29) is 28.2 Å². The van der Waals surface area contributed by atoms with E-state index in [2.05, 4.69) is 10.2 Å². The highest BCUT2D eigenvalue weighted by Crippen LogP contribution is 2.30. The zero-order valence-corrected chi connectivity index (χ0v) is 23.2. The number of thioether (sulfide) groups is 1. The lowest BCUT2D eigenvalue weighted by atomic mass is 9.96. The third-order valence-corrected chi connectivity index (χ3v) is 8.74. The molecule has 0 radical (unpaired) electrons. The number of anilines is 1. The van der Waals surface area contributed by atoms with Crippen molar-refractivity contribution in [3.05, 3.63) is 58.6 Å². The standard InChI is InChI=1S/C23H31N5O7S3/c1-37(32,33)26-23(29)17-9-12-27(13-10-17)14-11-18(16-36-19-5-3-2-4-6-19)25-21-8-7-20(38(24,34)35)15-22(21)28(30)31/h2-8,15,17-18,25H,9-14,16H2,1H3,(H,26,29)(H2,24,34,35)/t18-/m1/s1. The van der Waals surface area contributed by atoms with Crippen molar-refractivity contribution in [3.63, 3.8) is 0 Å². The average Bonchev–Trinajstić information content (AvgIpc) is 2.85. The quantitative estimate of drug-likeness (QED) is 0.189. The number of likely N-dealkylation sites (tertiary alicyclic amines) is 1. The molecule has 1 saturated heterocycles. The van der Waals surface area contributed by atoms with Crippen molar-refractivity contribution in [1.82, 2.24) is 9.62 Å². The fraction of sp³-hybridized carbons (Fsp3) is 0.435. The average molecular weight is 586 g/mol. The molecule has 1 amide bonds. The number of nitrogens with zero attached hydrogens (tertiary/aromatic N) is 2. The Balaban J connectivity index is 1.68. The molecule has 0 spiro atoms. The molecule has 1 heterocycles. The molecule has 208 valence electrons. The van der Waals surface area contributed by atoms with E-state index in [4.69, 9.17) is 5.14 Å². The van der Waals surface area contributed by atoms with E-state index in [0.717, 1.165) is 17.2 Å². The van der Waals surface area contributed by atoms with Gasteiger partial charge in [0.1, 0.15) is 5.69 Å². The summed E-state index contributed by atoms with van der Waals surface area (Å²) in [6, 6.07) is 13.0. The first-order chi connectivity index (χ1) is 17.8. The Kier molecular flexibility index (Phi) is 10.1. The number of nitro groups is 1. The summed E-state index contributed by atoms with van der Waals surface area (Å²) in [4.78, 5) is 26.1. The normalized spacial score (nSPS) is 16.1. The molecule has 1 atom stereocenters. The molecule has 1 fully saturated rings. The van der Waals surface area contributed by atoms with Crippen molar-refractivity contribution in [2.45, 2.75) is 35.1 Å². The molecule has 15 heteroatoms. The van der Waals surface area contributed by atoms with Crippen LogP contribution in [0, 0.1) is 16.0 Å². The molecule has 1 aliphatic heterocycles. The summed E-state index contributed by atoms with van der Waals surface area (Å²) in [5, 5.41) is 20.0. The van der Waals surface area contributed by atoms with E-state index in [1.54, 1.807) is 11.8 Å². The van der Waals surface area contributed by atoms with Gasteiger partial charge < -0.3 is 10.2 Å². The predicted molar refractivity (Wildman–Crippen MR) is 146 cm³/mol. The first-order valence-electron chi connectivity index (χ1n) is 11.8. The van der Waals surface area contributed by atoms with Gasteiger partial charge in [-0.1, -0.05) is 18.2 Å². The Labute approximate surface area is 226 Å². The molecule has 0 bridgehead atoms. The molecule has 2 aromatic carbocycles. The number of nitrogens with one attached hydrogen (secondary N) is 2. The third-order valence-electron chi connectivity index (χ3n) is 6.09. The van der Waals surface area contributed by atoms with Crippen LogP contribution in [0.4, 0.5) is 11.4 Å². The number of hydrogen-bond donors (Lipinski definition) is 3. The van der Waals surface area contributed by atoms with E-state index in [9.17, 15) is 31.7 Å². The first kappa shape index (κ1) is 29.8. The van der Waals surface area contributed by atoms with Gasteiger partial charge in [-0.05, 0) is 56.6 Å². The summed E-state index contributed by atoms with van der Waals surface area (Å²) in [6.45, 7) is 1.88. The lowest BCUT2D eigenvalue weighted by Gasteiger charge is -2.32. The third kappa shape index (κ3) is 9.23. The summed E-state index contributed by atoms with van der Waals surface area (Å²) in [5.74, 6) is -0.268. The lowest BCUT2D eigenvalue weighted by Crippen LogP contribution is -2.43. The van der Waals surface area contributed by atoms with Gasteiger partial charge >= 0.3 is 0 Å². The van der Waals surface area contributed by atoms with Gasteiger partial charge in [0.15, 0.2) is 0 Å². The number of benzene rings is 2. The van der Waals surface area contributed by atoms with Gasteiger partial charge in [0.2, 0.25) is 26.0 Å². The molecule has 4 N–H and O–H groups in total. The van der Waals surface area contributed by atoms with Crippen LogP contribution in [0.25, 0.3) is 0 Å². The Morgan fingerprint density at radius 3 is 2.39 bits per heavy atom. The molecule has 0 aliphatic carbocycles. The van der Waals surface area contributed by atoms with Crippen LogP contribution in [0.3, 0.4) is 0 Å². The lowest BCUT2D eigenvalue weighted by molar-refractivity contribution is -0.384. The minimum Gasteiger partial charge on any atom is -0.376 e. The highest BCUT2D eigenvalue weighted by molar-refractivity contribution is 7.99. The summed E-state index contributed by atoms with van der Waals surface area (Å²) < 4.78 is 48.1. The second-order valence-corrected chi connectivity index (χ2v) is 13.5. The maximum Gasteiger partial charge on any atom is 0.293 e. The monoisotopic (exact) mass is 585 g/mol. The molecule has 1 aliphatic rings. The van der Waals surface area contributed by atoms with E-state index in [1.165, 1.54) is 12.1 Å². The smallest absolute Gasteiger partial charge is 0.293 e. The van der Waals surface area contributed by atoms with Crippen LogP contribution in [0.15, 0.2) is 58.3 Å². The topological polar surface area (TPSA) is 182 Å². The Bertz CT molecular complexity index is 1350. The van der Waals surface area contributed by atoms with Gasteiger partial charge in [0.25, 0.3) is 5.69 Å². The van der Waals surface area contributed by atoms with Crippen molar-refractivity contribution < 1.29 is 26.6 Å². The Hall–Kier alpha value is -2.72. The van der Waals surface area contributed by atoms with Crippen LogP contribution in [-0.4, -0.2) is 70.3 Å². The summed E-state index contributed by atoms with van der Waals surface area (Å²) in [7, 11) is -7.70. The molecule has 3 rings (SSSR count). The summed E-state index contributed by atoms with van der Waals surface area (Å²) in [6.07, 6.45) is 2.62. The van der Waals surface area contributed by atoms with Gasteiger partial charge in [0.05, 0.1) is 16.1 Å². The van der Waals surface area contributed by atoms with Crippen LogP contribution in [0.1, 0.15) is 19.3 Å². The zero-order valence-electron chi connectivity index (χ0n) is 20.8. The van der Waals surface area contributed by atoms with Crippen molar-refractivity contribution >= 4 is 49.1 Å². The van der Waals surface area contributed by atoms with Gasteiger partial charge in [-0.15, -0.1) is 11.8 Å². The van der Waals surface area contributed by atoms with E-state index >= 15 is 0 Å². The highest BCUT2D eigenvalue weighted by Gasteiger charge is 2.27. The number of primary sulfonamides is 1. The van der Waals surface area contributed by atoms with Gasteiger partial charge in [-0.25, -0.2) is 22.0 Å². The zero-order chi connectivity index (χ0) is 27.9. The molecule has 12 nitrogen and oxygen atoms in total. The number of piperidine rings is 1. The fourth-order valence-electron chi connectivity index (χ4n) is 4.12. The molecule has 38 heavy (non-hydrogen) atoms. The van der Waals surface area contributed by atoms with Crippen LogP contribution in [-0.2, 0) is 24.8 Å². The minimum absolute atomic E-state index is 0.192. The van der Waals surface area contributed by atoms with Crippen molar-refractivity contribution in [3.8, 4) is 0 Å². The molecule has 2 aromatic rings. The van der Waals surface area contributed by atoms with Crippen molar-refractivity contribution in [2.75, 3.05) is 37.0 Å². The number of amides is 1. The number of nitro benzene ring substituents is 1. The van der Waals surface area contributed by atoms with Crippen LogP contribution >= 0.6 is 11.8 Å². The second kappa shape index (κ2) is 12.9. The maximum absolute atomic E-state index is 12.2. The minimum atomic E-state index is -4.10.